The molecule has 1 aliphatic rings. The molecule has 2 aromatic rings. The average molecular weight is 457 g/mol. The van der Waals surface area contributed by atoms with E-state index in [0.29, 0.717) is 15.7 Å². The molecule has 29 heavy (non-hydrogen) atoms. The van der Waals surface area contributed by atoms with Crippen molar-refractivity contribution in [3.63, 3.8) is 0 Å². The number of oxime groups is 1. The second kappa shape index (κ2) is 9.02. The van der Waals surface area contributed by atoms with Gasteiger partial charge in [-0.2, -0.15) is 0 Å². The number of hydrogen-bond donors (Lipinski definition) is 0. The number of anilines is 1. The summed E-state index contributed by atoms with van der Waals surface area (Å²) in [5.41, 5.74) is 0.523. The van der Waals surface area contributed by atoms with Gasteiger partial charge in [0.05, 0.1) is 23.7 Å². The summed E-state index contributed by atoms with van der Waals surface area (Å²) < 4.78 is 32.7. The molecule has 3 rings (SSSR count). The van der Waals surface area contributed by atoms with Crippen LogP contribution in [0.5, 0.6) is 0 Å². The molecule has 1 atom stereocenters. The van der Waals surface area contributed by atoms with E-state index in [4.69, 9.17) is 32.8 Å². The van der Waals surface area contributed by atoms with E-state index in [2.05, 4.69) is 5.16 Å². The standard InChI is InChI=1S/C19H18Cl2N2O5S/c1-2-27-19(24)18-11-16(28-22-18)12-23(15-7-3-13(20)4-8-15)29(25,26)17-9-5-14(21)6-10-17/h3-10,16H,2,11-12H2,1H3/t16-/m0/s1. The van der Waals surface area contributed by atoms with Gasteiger partial charge in [0.15, 0.2) is 11.8 Å². The number of nitrogens with zero attached hydrogens (tertiary/aromatic N) is 2. The predicted molar refractivity (Wildman–Crippen MR) is 111 cm³/mol. The first-order chi connectivity index (χ1) is 13.8. The van der Waals surface area contributed by atoms with E-state index in [0.717, 1.165) is 0 Å². The number of benzene rings is 2. The minimum Gasteiger partial charge on any atom is -0.461 e. The van der Waals surface area contributed by atoms with Crippen LogP contribution in [0.2, 0.25) is 10.0 Å². The maximum absolute atomic E-state index is 13.3. The van der Waals surface area contributed by atoms with Gasteiger partial charge in [-0.1, -0.05) is 28.4 Å². The Balaban J connectivity index is 1.88. The fourth-order valence-electron chi connectivity index (χ4n) is 2.73. The van der Waals surface area contributed by atoms with Crippen molar-refractivity contribution < 1.29 is 22.8 Å². The van der Waals surface area contributed by atoms with E-state index < -0.39 is 22.1 Å². The summed E-state index contributed by atoms with van der Waals surface area (Å²) in [4.78, 5) is 17.2. The third-order valence-corrected chi connectivity index (χ3v) is 6.44. The Morgan fingerprint density at radius 3 is 2.31 bits per heavy atom. The summed E-state index contributed by atoms with van der Waals surface area (Å²) in [6.07, 6.45) is -0.508. The second-order valence-corrected chi connectivity index (χ2v) is 8.89. The van der Waals surface area contributed by atoms with E-state index in [1.54, 1.807) is 31.2 Å². The topological polar surface area (TPSA) is 85.3 Å². The van der Waals surface area contributed by atoms with Crippen molar-refractivity contribution in [3.8, 4) is 0 Å². The average Bonchev–Trinajstić information content (AvgIpc) is 3.16. The minimum absolute atomic E-state index is 0.0566. The Hall–Kier alpha value is -2.29. The predicted octanol–water partition coefficient (Wildman–Crippen LogP) is 3.90. The van der Waals surface area contributed by atoms with Crippen molar-refractivity contribution in [1.82, 2.24) is 0 Å². The fraction of sp³-hybridized carbons (Fsp3) is 0.263. The highest BCUT2D eigenvalue weighted by molar-refractivity contribution is 7.92. The van der Waals surface area contributed by atoms with E-state index in [1.165, 1.54) is 28.6 Å². The van der Waals surface area contributed by atoms with Gasteiger partial charge < -0.3 is 9.57 Å². The molecule has 0 spiro atoms. The highest BCUT2D eigenvalue weighted by Crippen LogP contribution is 2.28. The summed E-state index contributed by atoms with van der Waals surface area (Å²) in [6.45, 7) is 1.84. The monoisotopic (exact) mass is 456 g/mol. The van der Waals surface area contributed by atoms with Crippen LogP contribution in [0, 0.1) is 0 Å². The number of hydrogen-bond acceptors (Lipinski definition) is 6. The Morgan fingerprint density at radius 2 is 1.72 bits per heavy atom. The molecular formula is C19H18Cl2N2O5S. The molecule has 154 valence electrons. The van der Waals surface area contributed by atoms with Gasteiger partial charge in [0.1, 0.15) is 0 Å². The maximum Gasteiger partial charge on any atom is 0.356 e. The highest BCUT2D eigenvalue weighted by Gasteiger charge is 2.33. The van der Waals surface area contributed by atoms with Crippen LogP contribution < -0.4 is 4.31 Å². The first-order valence-corrected chi connectivity index (χ1v) is 10.9. The molecule has 0 saturated carbocycles. The summed E-state index contributed by atoms with van der Waals surface area (Å²) in [7, 11) is -3.93. The van der Waals surface area contributed by atoms with Crippen molar-refractivity contribution in [2.75, 3.05) is 17.5 Å². The maximum atomic E-state index is 13.3. The molecular weight excluding hydrogens is 439 g/mol. The lowest BCUT2D eigenvalue weighted by molar-refractivity contribution is -0.135. The van der Waals surface area contributed by atoms with Crippen LogP contribution in [0.25, 0.3) is 0 Å². The Morgan fingerprint density at radius 1 is 1.14 bits per heavy atom. The van der Waals surface area contributed by atoms with Crippen LogP contribution in [0.1, 0.15) is 13.3 Å². The van der Waals surface area contributed by atoms with Gasteiger partial charge in [-0.25, -0.2) is 13.2 Å². The van der Waals surface area contributed by atoms with Crippen molar-refractivity contribution in [1.29, 1.82) is 0 Å². The van der Waals surface area contributed by atoms with E-state index >= 15 is 0 Å². The van der Waals surface area contributed by atoms with Gasteiger partial charge in [0.25, 0.3) is 10.0 Å². The van der Waals surface area contributed by atoms with Crippen LogP contribution >= 0.6 is 23.2 Å². The molecule has 0 amide bonds. The van der Waals surface area contributed by atoms with Crippen molar-refractivity contribution >= 4 is 50.6 Å². The van der Waals surface area contributed by atoms with E-state index in [9.17, 15) is 13.2 Å². The SMILES string of the molecule is CCOC(=O)C1=NO[C@H](CN(c2ccc(Cl)cc2)S(=O)(=O)c2ccc(Cl)cc2)C1. The summed E-state index contributed by atoms with van der Waals surface area (Å²) >= 11 is 11.8. The number of esters is 1. The van der Waals surface area contributed by atoms with Gasteiger partial charge in [-0.05, 0) is 55.5 Å². The number of ether oxygens (including phenoxy) is 1. The van der Waals surface area contributed by atoms with E-state index in [-0.39, 0.29) is 30.2 Å². The van der Waals surface area contributed by atoms with Gasteiger partial charge in [0, 0.05) is 16.5 Å². The number of halogens is 2. The lowest BCUT2D eigenvalue weighted by Gasteiger charge is -2.26. The van der Waals surface area contributed by atoms with Crippen molar-refractivity contribution in [2.24, 2.45) is 5.16 Å². The zero-order valence-electron chi connectivity index (χ0n) is 15.4. The fourth-order valence-corrected chi connectivity index (χ4v) is 4.48. The number of carbonyl (C=O) groups excluding carboxylic acids is 1. The Bertz CT molecular complexity index is 1010. The zero-order chi connectivity index (χ0) is 21.0. The smallest absolute Gasteiger partial charge is 0.356 e. The molecule has 1 heterocycles. The van der Waals surface area contributed by atoms with E-state index in [1.807, 2.05) is 0 Å². The first kappa shape index (κ1) is 21.4. The molecule has 0 unspecified atom stereocenters. The zero-order valence-corrected chi connectivity index (χ0v) is 17.7. The minimum atomic E-state index is -3.93. The third kappa shape index (κ3) is 5.01. The summed E-state index contributed by atoms with van der Waals surface area (Å²) in [5, 5.41) is 4.64. The molecule has 2 aromatic carbocycles. The molecule has 0 fully saturated rings. The molecule has 0 bridgehead atoms. The van der Waals surface area contributed by atoms with Crippen LogP contribution in [0.3, 0.4) is 0 Å². The number of rotatable bonds is 7. The van der Waals surface area contributed by atoms with Gasteiger partial charge in [-0.3, -0.25) is 4.31 Å². The summed E-state index contributed by atoms with van der Waals surface area (Å²) in [6, 6.07) is 12.2. The molecule has 7 nitrogen and oxygen atoms in total. The molecule has 0 saturated heterocycles. The lowest BCUT2D eigenvalue weighted by Crippen LogP contribution is -2.38. The Kier molecular flexibility index (Phi) is 6.66. The highest BCUT2D eigenvalue weighted by atomic mass is 35.5. The molecule has 1 aliphatic heterocycles. The van der Waals surface area contributed by atoms with Gasteiger partial charge in [-0.15, -0.1) is 0 Å². The third-order valence-electron chi connectivity index (χ3n) is 4.13. The quantitative estimate of drug-likeness (QED) is 0.589. The van der Waals surface area contributed by atoms with Gasteiger partial charge >= 0.3 is 5.97 Å². The van der Waals surface area contributed by atoms with Crippen LogP contribution in [0.4, 0.5) is 5.69 Å². The van der Waals surface area contributed by atoms with Crippen LogP contribution in [-0.4, -0.2) is 39.4 Å². The lowest BCUT2D eigenvalue weighted by atomic mass is 10.2. The first-order valence-electron chi connectivity index (χ1n) is 8.75. The Labute approximate surface area is 178 Å². The normalized spacial score (nSPS) is 16.1. The summed E-state index contributed by atoms with van der Waals surface area (Å²) in [5.74, 6) is -0.575. The van der Waals surface area contributed by atoms with Crippen molar-refractivity contribution in [2.45, 2.75) is 24.3 Å². The number of sulfonamides is 1. The molecule has 10 heteroatoms. The van der Waals surface area contributed by atoms with Gasteiger partial charge in [0.2, 0.25) is 0 Å². The largest absolute Gasteiger partial charge is 0.461 e. The molecule has 0 radical (unpaired) electrons. The van der Waals surface area contributed by atoms with Crippen molar-refractivity contribution in [3.05, 3.63) is 58.6 Å². The molecule has 0 aliphatic carbocycles. The van der Waals surface area contributed by atoms with Crippen LogP contribution in [0.15, 0.2) is 58.6 Å². The number of carbonyl (C=O) groups is 1. The molecule has 0 N–H and O–H groups in total. The van der Waals surface area contributed by atoms with Crippen LogP contribution in [-0.2, 0) is 24.4 Å². The second-order valence-electron chi connectivity index (χ2n) is 6.16. The molecule has 0 aromatic heterocycles.